The van der Waals surface area contributed by atoms with Crippen molar-refractivity contribution in [2.24, 2.45) is 0 Å². The Morgan fingerprint density at radius 3 is 3.12 bits per heavy atom. The minimum absolute atomic E-state index is 0.156. The standard InChI is InChI=1S/C18H19N3O5/c1-23-14-6-5-13-16(20-14)12(17-21(13)9-3-11-25-17)7-8-19-18(22)26-15-4-2-10-24-15/h2,4-6,10H,3,7-9,11H2,1H3,(H,19,22). The van der Waals surface area contributed by atoms with Gasteiger partial charge in [0, 0.05) is 30.8 Å². The Labute approximate surface area is 149 Å². The molecule has 26 heavy (non-hydrogen) atoms. The van der Waals surface area contributed by atoms with Gasteiger partial charge in [-0.15, -0.1) is 0 Å². The van der Waals surface area contributed by atoms with Crippen LogP contribution in [0.1, 0.15) is 12.0 Å². The van der Waals surface area contributed by atoms with Crippen molar-refractivity contribution in [3.63, 3.8) is 0 Å². The molecule has 0 aromatic carbocycles. The highest BCUT2D eigenvalue weighted by molar-refractivity contribution is 5.84. The first-order valence-electron chi connectivity index (χ1n) is 8.44. The SMILES string of the molecule is COc1ccc2c(n1)c(CCNC(=O)Oc1ccco1)c1n2CCCO1. The molecule has 4 rings (SSSR count). The molecule has 8 heteroatoms. The van der Waals surface area contributed by atoms with Crippen molar-refractivity contribution in [2.45, 2.75) is 19.4 Å². The Kier molecular flexibility index (Phi) is 4.39. The van der Waals surface area contributed by atoms with E-state index < -0.39 is 6.09 Å². The van der Waals surface area contributed by atoms with Crippen LogP contribution in [0.4, 0.5) is 4.79 Å². The lowest BCUT2D eigenvalue weighted by Crippen LogP contribution is -2.28. The normalized spacial score (nSPS) is 13.1. The number of pyridine rings is 1. The number of aryl methyl sites for hydroxylation is 1. The number of nitrogens with one attached hydrogen (secondary N) is 1. The molecule has 0 unspecified atom stereocenters. The van der Waals surface area contributed by atoms with E-state index in [1.54, 1.807) is 19.2 Å². The van der Waals surface area contributed by atoms with E-state index in [2.05, 4.69) is 14.9 Å². The summed E-state index contributed by atoms with van der Waals surface area (Å²) in [5.41, 5.74) is 2.80. The molecule has 1 aliphatic heterocycles. The zero-order chi connectivity index (χ0) is 17.9. The van der Waals surface area contributed by atoms with Crippen molar-refractivity contribution in [1.29, 1.82) is 0 Å². The van der Waals surface area contributed by atoms with Crippen molar-refractivity contribution in [1.82, 2.24) is 14.9 Å². The van der Waals surface area contributed by atoms with Crippen LogP contribution in [0.15, 0.2) is 34.9 Å². The van der Waals surface area contributed by atoms with E-state index in [0.717, 1.165) is 35.4 Å². The topological polar surface area (TPSA) is 87.8 Å². The van der Waals surface area contributed by atoms with Crippen LogP contribution in [0.25, 0.3) is 11.0 Å². The zero-order valence-corrected chi connectivity index (χ0v) is 14.4. The molecular formula is C18H19N3O5. The van der Waals surface area contributed by atoms with Crippen molar-refractivity contribution in [2.75, 3.05) is 20.3 Å². The van der Waals surface area contributed by atoms with Crippen molar-refractivity contribution < 1.29 is 23.4 Å². The van der Waals surface area contributed by atoms with Gasteiger partial charge in [-0.3, -0.25) is 0 Å². The molecule has 1 amide bonds. The van der Waals surface area contributed by atoms with Crippen molar-refractivity contribution >= 4 is 17.1 Å². The number of carbonyl (C=O) groups excluding carboxylic acids is 1. The monoisotopic (exact) mass is 357 g/mol. The third-order valence-electron chi connectivity index (χ3n) is 4.24. The second kappa shape index (κ2) is 6.99. The molecule has 0 atom stereocenters. The average Bonchev–Trinajstić information content (AvgIpc) is 3.28. The molecule has 0 radical (unpaired) electrons. The summed E-state index contributed by atoms with van der Waals surface area (Å²) in [7, 11) is 1.59. The van der Waals surface area contributed by atoms with E-state index in [-0.39, 0.29) is 5.95 Å². The van der Waals surface area contributed by atoms with Gasteiger partial charge in [-0.25, -0.2) is 9.78 Å². The third kappa shape index (κ3) is 3.05. The predicted molar refractivity (Wildman–Crippen MR) is 92.8 cm³/mol. The van der Waals surface area contributed by atoms with Gasteiger partial charge in [0.05, 0.1) is 31.0 Å². The second-order valence-electron chi connectivity index (χ2n) is 5.86. The molecule has 3 aromatic rings. The lowest BCUT2D eigenvalue weighted by molar-refractivity contribution is 0.187. The maximum atomic E-state index is 11.8. The lowest BCUT2D eigenvalue weighted by Gasteiger charge is -2.18. The number of rotatable bonds is 5. The summed E-state index contributed by atoms with van der Waals surface area (Å²) < 4.78 is 23.3. The van der Waals surface area contributed by atoms with Gasteiger partial charge in [-0.1, -0.05) is 0 Å². The van der Waals surface area contributed by atoms with E-state index in [1.165, 1.54) is 6.26 Å². The molecule has 3 aromatic heterocycles. The fourth-order valence-corrected chi connectivity index (χ4v) is 3.10. The summed E-state index contributed by atoms with van der Waals surface area (Å²) in [6.07, 6.45) is 2.39. The smallest absolute Gasteiger partial charge is 0.415 e. The highest BCUT2D eigenvalue weighted by atomic mass is 16.6. The predicted octanol–water partition coefficient (Wildman–Crippen LogP) is 2.75. The number of fused-ring (bicyclic) bond motifs is 3. The van der Waals surface area contributed by atoms with Crippen LogP contribution in [0, 0.1) is 0 Å². The first-order chi connectivity index (χ1) is 12.8. The third-order valence-corrected chi connectivity index (χ3v) is 4.24. The Bertz CT molecular complexity index is 917. The maximum absolute atomic E-state index is 11.8. The zero-order valence-electron chi connectivity index (χ0n) is 14.4. The van der Waals surface area contributed by atoms with E-state index >= 15 is 0 Å². The molecule has 0 bridgehead atoms. The van der Waals surface area contributed by atoms with Gasteiger partial charge in [0.2, 0.25) is 5.88 Å². The lowest BCUT2D eigenvalue weighted by atomic mass is 10.2. The van der Waals surface area contributed by atoms with E-state index in [0.29, 0.717) is 25.5 Å². The highest BCUT2D eigenvalue weighted by Gasteiger charge is 2.22. The van der Waals surface area contributed by atoms with Gasteiger partial charge in [0.1, 0.15) is 0 Å². The fraction of sp³-hybridized carbons (Fsp3) is 0.333. The van der Waals surface area contributed by atoms with Crippen LogP contribution in [0.2, 0.25) is 0 Å². The van der Waals surface area contributed by atoms with E-state index in [1.807, 2.05) is 12.1 Å². The summed E-state index contributed by atoms with van der Waals surface area (Å²) in [6.45, 7) is 1.94. The minimum Gasteiger partial charge on any atom is -0.481 e. The molecule has 136 valence electrons. The first kappa shape index (κ1) is 16.3. The second-order valence-corrected chi connectivity index (χ2v) is 5.86. The van der Waals surface area contributed by atoms with Crippen molar-refractivity contribution in [3.8, 4) is 17.7 Å². The summed E-state index contributed by atoms with van der Waals surface area (Å²) in [6, 6.07) is 7.05. The van der Waals surface area contributed by atoms with Crippen LogP contribution in [0.5, 0.6) is 17.7 Å². The van der Waals surface area contributed by atoms with E-state index in [9.17, 15) is 4.79 Å². The number of aromatic nitrogens is 2. The molecule has 8 nitrogen and oxygen atoms in total. The van der Waals surface area contributed by atoms with Crippen LogP contribution >= 0.6 is 0 Å². The fourth-order valence-electron chi connectivity index (χ4n) is 3.10. The Morgan fingerprint density at radius 1 is 1.38 bits per heavy atom. The van der Waals surface area contributed by atoms with Crippen molar-refractivity contribution in [3.05, 3.63) is 36.1 Å². The van der Waals surface area contributed by atoms with Crippen LogP contribution < -0.4 is 19.5 Å². The summed E-state index contributed by atoms with van der Waals surface area (Å²) in [5.74, 6) is 1.52. The van der Waals surface area contributed by atoms with Gasteiger partial charge in [0.25, 0.3) is 5.95 Å². The highest BCUT2D eigenvalue weighted by Crippen LogP contribution is 2.34. The maximum Gasteiger partial charge on any atom is 0.415 e. The largest absolute Gasteiger partial charge is 0.481 e. The molecule has 0 fully saturated rings. The number of furan rings is 1. The van der Waals surface area contributed by atoms with Crippen LogP contribution in [0.3, 0.4) is 0 Å². The average molecular weight is 357 g/mol. The Balaban J connectivity index is 1.52. The minimum atomic E-state index is -0.566. The summed E-state index contributed by atoms with van der Waals surface area (Å²) in [4.78, 5) is 16.4. The number of hydrogen-bond donors (Lipinski definition) is 1. The molecule has 1 N–H and O–H groups in total. The number of ether oxygens (including phenoxy) is 3. The van der Waals surface area contributed by atoms with Gasteiger partial charge in [-0.05, 0) is 25.0 Å². The van der Waals surface area contributed by atoms with Crippen LogP contribution in [-0.2, 0) is 13.0 Å². The summed E-state index contributed by atoms with van der Waals surface area (Å²) in [5, 5.41) is 2.71. The number of carbonyl (C=O) groups is 1. The van der Waals surface area contributed by atoms with Gasteiger partial charge in [-0.2, -0.15) is 0 Å². The first-order valence-corrected chi connectivity index (χ1v) is 8.44. The molecule has 0 saturated heterocycles. The Morgan fingerprint density at radius 2 is 2.31 bits per heavy atom. The number of nitrogens with zero attached hydrogens (tertiary/aromatic N) is 2. The molecular weight excluding hydrogens is 338 g/mol. The Hall–Kier alpha value is -3.16. The quantitative estimate of drug-likeness (QED) is 0.755. The van der Waals surface area contributed by atoms with Gasteiger partial charge < -0.3 is 28.5 Å². The van der Waals surface area contributed by atoms with Crippen LogP contribution in [-0.4, -0.2) is 35.9 Å². The molecule has 0 saturated carbocycles. The number of amides is 1. The summed E-state index contributed by atoms with van der Waals surface area (Å²) >= 11 is 0. The number of methoxy groups -OCH3 is 1. The van der Waals surface area contributed by atoms with Gasteiger partial charge >= 0.3 is 6.09 Å². The molecule has 0 spiro atoms. The molecule has 1 aliphatic rings. The number of hydrogen-bond acceptors (Lipinski definition) is 6. The molecule has 4 heterocycles. The van der Waals surface area contributed by atoms with E-state index in [4.69, 9.17) is 18.6 Å². The van der Waals surface area contributed by atoms with Gasteiger partial charge in [0.15, 0.2) is 5.88 Å². The molecule has 0 aliphatic carbocycles.